The summed E-state index contributed by atoms with van der Waals surface area (Å²) >= 11 is 1.45. The fourth-order valence-corrected chi connectivity index (χ4v) is 9.00. The zero-order valence-electron chi connectivity index (χ0n) is 20.0. The van der Waals surface area contributed by atoms with E-state index in [1.165, 1.54) is 16.9 Å². The molecule has 0 aliphatic heterocycles. The standard InChI is InChI=1S/C28H32N2O3S/c1-16-14-21-19-9-8-17-15-18(31)10-12-26(17,2)20(19)11-13-27(21,3)28(16,33)24(32)30-25-29-22-6-4-5-7-23(22)34-25/h4-7,10,12,15-16,19-21,33H,8-9,11,13-14H2,1-3H3,(H,29,30,32)/t16-,19?,20?,21?,26?,27?,28+/m1/s1. The van der Waals surface area contributed by atoms with Gasteiger partial charge in [-0.1, -0.05) is 55.9 Å². The number of amides is 1. The monoisotopic (exact) mass is 476 g/mol. The van der Waals surface area contributed by atoms with E-state index in [1.54, 1.807) is 6.08 Å². The maximum absolute atomic E-state index is 13.7. The van der Waals surface area contributed by atoms with Crippen molar-refractivity contribution in [2.75, 3.05) is 5.32 Å². The summed E-state index contributed by atoms with van der Waals surface area (Å²) in [6, 6.07) is 7.83. The van der Waals surface area contributed by atoms with Crippen molar-refractivity contribution >= 4 is 38.4 Å². The molecule has 1 aromatic carbocycles. The van der Waals surface area contributed by atoms with E-state index in [2.05, 4.69) is 30.2 Å². The number of aliphatic hydroxyl groups is 1. The minimum Gasteiger partial charge on any atom is -0.379 e. The van der Waals surface area contributed by atoms with E-state index in [1.807, 2.05) is 37.3 Å². The van der Waals surface area contributed by atoms with Gasteiger partial charge in [-0.15, -0.1) is 0 Å². The van der Waals surface area contributed by atoms with Gasteiger partial charge < -0.3 is 5.11 Å². The van der Waals surface area contributed by atoms with Crippen LogP contribution in [0.25, 0.3) is 10.2 Å². The third kappa shape index (κ3) is 2.84. The summed E-state index contributed by atoms with van der Waals surface area (Å²) in [6.07, 6.45) is 10.3. The van der Waals surface area contributed by atoms with E-state index < -0.39 is 11.0 Å². The molecule has 0 saturated heterocycles. The highest BCUT2D eigenvalue weighted by atomic mass is 32.1. The molecule has 7 atom stereocenters. The molecule has 3 saturated carbocycles. The molecule has 1 heterocycles. The number of rotatable bonds is 2. The average molecular weight is 477 g/mol. The van der Waals surface area contributed by atoms with Gasteiger partial charge in [0.15, 0.2) is 16.5 Å². The molecule has 4 aliphatic rings. The van der Waals surface area contributed by atoms with Crippen LogP contribution in [0.15, 0.2) is 48.1 Å². The number of ketones is 1. The highest BCUT2D eigenvalue weighted by molar-refractivity contribution is 7.22. The van der Waals surface area contributed by atoms with Gasteiger partial charge in [-0.3, -0.25) is 14.9 Å². The van der Waals surface area contributed by atoms with E-state index in [0.717, 1.165) is 42.3 Å². The quantitative estimate of drug-likeness (QED) is 0.598. The highest BCUT2D eigenvalue weighted by Gasteiger charge is 2.69. The van der Waals surface area contributed by atoms with Gasteiger partial charge in [0.05, 0.1) is 10.2 Å². The second-order valence-electron chi connectivity index (χ2n) is 11.4. The zero-order valence-corrected chi connectivity index (χ0v) is 20.8. The Bertz CT molecular complexity index is 1230. The molecular weight excluding hydrogens is 444 g/mol. The predicted molar refractivity (Wildman–Crippen MR) is 134 cm³/mol. The lowest BCUT2D eigenvalue weighted by Crippen LogP contribution is -2.60. The first-order chi connectivity index (χ1) is 16.2. The second-order valence-corrected chi connectivity index (χ2v) is 12.4. The molecule has 1 amide bonds. The number of para-hydroxylation sites is 1. The number of allylic oxidation sites excluding steroid dienone is 4. The number of anilines is 1. The highest BCUT2D eigenvalue weighted by Crippen LogP contribution is 2.68. The fraction of sp³-hybridized carbons (Fsp3) is 0.536. The average Bonchev–Trinajstić information content (AvgIpc) is 3.31. The van der Waals surface area contributed by atoms with Gasteiger partial charge in [0, 0.05) is 10.8 Å². The van der Waals surface area contributed by atoms with Crippen LogP contribution in [0.1, 0.15) is 52.9 Å². The van der Waals surface area contributed by atoms with E-state index >= 15 is 0 Å². The Morgan fingerprint density at radius 2 is 2.00 bits per heavy atom. The number of hydrogen-bond donors (Lipinski definition) is 2. The smallest absolute Gasteiger partial charge is 0.258 e. The summed E-state index contributed by atoms with van der Waals surface area (Å²) in [7, 11) is 0. The number of nitrogens with one attached hydrogen (secondary N) is 1. The second kappa shape index (κ2) is 7.34. The number of aromatic nitrogens is 1. The topological polar surface area (TPSA) is 79.3 Å². The van der Waals surface area contributed by atoms with Crippen molar-refractivity contribution in [3.63, 3.8) is 0 Å². The molecule has 0 spiro atoms. The van der Waals surface area contributed by atoms with Crippen molar-refractivity contribution in [1.82, 2.24) is 4.98 Å². The normalized spacial score (nSPS) is 40.9. The largest absolute Gasteiger partial charge is 0.379 e. The summed E-state index contributed by atoms with van der Waals surface area (Å²) < 4.78 is 1.02. The minimum atomic E-state index is -1.43. The number of carbonyl (C=O) groups is 2. The molecule has 0 radical (unpaired) electrons. The van der Waals surface area contributed by atoms with Gasteiger partial charge >= 0.3 is 0 Å². The summed E-state index contributed by atoms with van der Waals surface area (Å²) in [5.41, 5.74) is 0.110. The molecule has 178 valence electrons. The van der Waals surface area contributed by atoms with Crippen molar-refractivity contribution < 1.29 is 14.7 Å². The molecule has 6 heteroatoms. The lowest BCUT2D eigenvalue weighted by molar-refractivity contribution is -0.163. The zero-order chi connectivity index (χ0) is 23.9. The first-order valence-corrected chi connectivity index (χ1v) is 13.3. The number of carbonyl (C=O) groups excluding carboxylic acids is 2. The summed E-state index contributed by atoms with van der Waals surface area (Å²) in [5, 5.41) is 15.7. The molecule has 0 bridgehead atoms. The fourth-order valence-electron chi connectivity index (χ4n) is 8.14. The van der Waals surface area contributed by atoms with Crippen LogP contribution in [-0.4, -0.2) is 27.4 Å². The third-order valence-electron chi connectivity index (χ3n) is 10.00. The van der Waals surface area contributed by atoms with Crippen LogP contribution in [0.4, 0.5) is 5.13 Å². The van der Waals surface area contributed by atoms with Crippen LogP contribution in [0.5, 0.6) is 0 Å². The lowest BCUT2D eigenvalue weighted by atomic mass is 9.47. The van der Waals surface area contributed by atoms with Crippen molar-refractivity contribution in [3.8, 4) is 0 Å². The Balaban J connectivity index is 1.31. The third-order valence-corrected chi connectivity index (χ3v) is 10.9. The SMILES string of the molecule is C[C@@H]1CC2C3CCC4=CC(=O)C=CC4(C)C3CCC2(C)[C@@]1(O)C(=O)Nc1nc2ccccc2s1. The van der Waals surface area contributed by atoms with Crippen LogP contribution >= 0.6 is 11.3 Å². The Morgan fingerprint density at radius 3 is 2.79 bits per heavy atom. The van der Waals surface area contributed by atoms with Gasteiger partial charge in [-0.2, -0.15) is 0 Å². The van der Waals surface area contributed by atoms with Crippen molar-refractivity contribution in [2.24, 2.45) is 34.5 Å². The molecule has 1 aromatic heterocycles. The van der Waals surface area contributed by atoms with Crippen LogP contribution in [0.2, 0.25) is 0 Å². The molecule has 5 nitrogen and oxygen atoms in total. The summed E-state index contributed by atoms with van der Waals surface area (Å²) in [6.45, 7) is 6.46. The van der Waals surface area contributed by atoms with Crippen LogP contribution in [0.3, 0.4) is 0 Å². The molecule has 5 unspecified atom stereocenters. The van der Waals surface area contributed by atoms with E-state index in [9.17, 15) is 14.7 Å². The van der Waals surface area contributed by atoms with E-state index in [0.29, 0.717) is 17.0 Å². The van der Waals surface area contributed by atoms with Crippen LogP contribution in [0, 0.1) is 34.5 Å². The molecule has 34 heavy (non-hydrogen) atoms. The predicted octanol–water partition coefficient (Wildman–Crippen LogP) is 5.52. The van der Waals surface area contributed by atoms with Gasteiger partial charge in [-0.25, -0.2) is 4.98 Å². The van der Waals surface area contributed by atoms with Gasteiger partial charge in [0.25, 0.3) is 5.91 Å². The maximum atomic E-state index is 13.7. The first-order valence-electron chi connectivity index (χ1n) is 12.5. The number of fused-ring (bicyclic) bond motifs is 6. The minimum absolute atomic E-state index is 0.0919. The number of benzene rings is 1. The molecule has 2 N–H and O–H groups in total. The van der Waals surface area contributed by atoms with E-state index in [-0.39, 0.29) is 28.9 Å². The summed E-state index contributed by atoms with van der Waals surface area (Å²) in [4.78, 5) is 30.3. The Labute approximate surface area is 204 Å². The maximum Gasteiger partial charge on any atom is 0.258 e. The number of nitrogens with zero attached hydrogens (tertiary/aromatic N) is 1. The van der Waals surface area contributed by atoms with Crippen molar-refractivity contribution in [3.05, 3.63) is 48.1 Å². The molecule has 2 aromatic rings. The van der Waals surface area contributed by atoms with Gasteiger partial charge in [0.1, 0.15) is 0 Å². The summed E-state index contributed by atoms with van der Waals surface area (Å²) in [5.74, 6) is 0.804. The lowest BCUT2D eigenvalue weighted by Gasteiger charge is -2.57. The molecule has 3 fully saturated rings. The molecule has 6 rings (SSSR count). The van der Waals surface area contributed by atoms with Crippen LogP contribution in [-0.2, 0) is 9.59 Å². The Kier molecular flexibility index (Phi) is 4.79. The van der Waals surface area contributed by atoms with E-state index in [4.69, 9.17) is 0 Å². The first kappa shape index (κ1) is 22.2. The van der Waals surface area contributed by atoms with Crippen LogP contribution < -0.4 is 5.32 Å². The number of hydrogen-bond acceptors (Lipinski definition) is 5. The Hall–Kier alpha value is -2.31. The van der Waals surface area contributed by atoms with Gasteiger partial charge in [-0.05, 0) is 80.1 Å². The van der Waals surface area contributed by atoms with Gasteiger partial charge in [0.2, 0.25) is 0 Å². The van der Waals surface area contributed by atoms with Crippen molar-refractivity contribution in [1.29, 1.82) is 0 Å². The Morgan fingerprint density at radius 1 is 1.21 bits per heavy atom. The molecule has 4 aliphatic carbocycles. The number of thiazole rings is 1. The van der Waals surface area contributed by atoms with Crippen molar-refractivity contribution in [2.45, 2.75) is 58.5 Å². The molecular formula is C28H32N2O3S.